The van der Waals surface area contributed by atoms with Crippen molar-refractivity contribution in [2.45, 2.75) is 31.6 Å². The Bertz CT molecular complexity index is 496. The number of hydrogen-bond donors (Lipinski definition) is 2. The number of nitrogens with one attached hydrogen (secondary N) is 2. The van der Waals surface area contributed by atoms with Crippen molar-refractivity contribution in [2.24, 2.45) is 4.99 Å². The second kappa shape index (κ2) is 13.5. The van der Waals surface area contributed by atoms with E-state index in [2.05, 4.69) is 35.7 Å². The van der Waals surface area contributed by atoms with Gasteiger partial charge in [0, 0.05) is 31.5 Å². The van der Waals surface area contributed by atoms with E-state index in [1.807, 2.05) is 36.0 Å². The number of thioether (sulfide) groups is 1. The number of methoxy groups -OCH3 is 1. The van der Waals surface area contributed by atoms with Gasteiger partial charge in [0.05, 0.1) is 13.7 Å². The van der Waals surface area contributed by atoms with E-state index in [4.69, 9.17) is 9.47 Å². The molecule has 144 valence electrons. The Labute approximate surface area is 173 Å². The molecule has 0 saturated carbocycles. The molecule has 0 aromatic heterocycles. The molecule has 0 saturated heterocycles. The zero-order valence-electron chi connectivity index (χ0n) is 15.9. The SMILES string of the molecule is CN=C(NCCCOCc1ccc(OC)cc1)NCC(C)(C)SC.I. The second-order valence-electron chi connectivity index (χ2n) is 6.07. The molecule has 1 rings (SSSR count). The van der Waals surface area contributed by atoms with E-state index in [1.165, 1.54) is 0 Å². The van der Waals surface area contributed by atoms with E-state index in [0.717, 1.165) is 36.8 Å². The largest absolute Gasteiger partial charge is 0.497 e. The molecule has 0 atom stereocenters. The lowest BCUT2D eigenvalue weighted by molar-refractivity contribution is 0.119. The smallest absolute Gasteiger partial charge is 0.191 e. The molecule has 0 radical (unpaired) electrons. The van der Waals surface area contributed by atoms with Gasteiger partial charge in [-0.1, -0.05) is 12.1 Å². The summed E-state index contributed by atoms with van der Waals surface area (Å²) in [6.07, 6.45) is 3.06. The van der Waals surface area contributed by atoms with Gasteiger partial charge in [0.15, 0.2) is 5.96 Å². The van der Waals surface area contributed by atoms with Crippen LogP contribution in [0.15, 0.2) is 29.3 Å². The summed E-state index contributed by atoms with van der Waals surface area (Å²) in [7, 11) is 3.46. The number of hydrogen-bond acceptors (Lipinski definition) is 4. The van der Waals surface area contributed by atoms with Crippen LogP contribution in [0, 0.1) is 0 Å². The van der Waals surface area contributed by atoms with Crippen molar-refractivity contribution in [2.75, 3.05) is 40.1 Å². The molecule has 0 fully saturated rings. The average Bonchev–Trinajstić information content (AvgIpc) is 2.61. The van der Waals surface area contributed by atoms with Crippen molar-refractivity contribution >= 4 is 41.7 Å². The van der Waals surface area contributed by atoms with E-state index in [0.29, 0.717) is 13.2 Å². The van der Waals surface area contributed by atoms with Gasteiger partial charge in [0.1, 0.15) is 5.75 Å². The van der Waals surface area contributed by atoms with E-state index >= 15 is 0 Å². The van der Waals surface area contributed by atoms with E-state index < -0.39 is 0 Å². The first kappa shape index (κ1) is 24.3. The Kier molecular flexibility index (Phi) is 13.2. The number of rotatable bonds is 10. The third-order valence-electron chi connectivity index (χ3n) is 3.64. The topological polar surface area (TPSA) is 54.9 Å². The highest BCUT2D eigenvalue weighted by atomic mass is 127. The van der Waals surface area contributed by atoms with Gasteiger partial charge in [0.25, 0.3) is 0 Å². The fourth-order valence-electron chi connectivity index (χ4n) is 1.88. The highest BCUT2D eigenvalue weighted by Crippen LogP contribution is 2.19. The molecule has 0 spiro atoms. The third kappa shape index (κ3) is 10.8. The molecular formula is C18H32IN3O2S. The number of halogens is 1. The summed E-state index contributed by atoms with van der Waals surface area (Å²) >= 11 is 1.84. The summed E-state index contributed by atoms with van der Waals surface area (Å²) in [6.45, 7) is 7.48. The van der Waals surface area contributed by atoms with Crippen molar-refractivity contribution < 1.29 is 9.47 Å². The molecule has 25 heavy (non-hydrogen) atoms. The van der Waals surface area contributed by atoms with Crippen LogP contribution >= 0.6 is 35.7 Å². The van der Waals surface area contributed by atoms with Crippen LogP contribution in [0.2, 0.25) is 0 Å². The van der Waals surface area contributed by atoms with E-state index in [1.54, 1.807) is 14.2 Å². The minimum Gasteiger partial charge on any atom is -0.497 e. The van der Waals surface area contributed by atoms with Gasteiger partial charge < -0.3 is 20.1 Å². The Balaban J connectivity index is 0.00000576. The molecule has 0 unspecified atom stereocenters. The van der Waals surface area contributed by atoms with E-state index in [-0.39, 0.29) is 28.7 Å². The maximum Gasteiger partial charge on any atom is 0.191 e. The predicted octanol–water partition coefficient (Wildman–Crippen LogP) is 3.53. The van der Waals surface area contributed by atoms with Crippen molar-refractivity contribution in [1.82, 2.24) is 10.6 Å². The first-order valence-corrected chi connectivity index (χ1v) is 9.43. The lowest BCUT2D eigenvalue weighted by Gasteiger charge is -2.23. The first-order valence-electron chi connectivity index (χ1n) is 8.21. The van der Waals surface area contributed by atoms with Crippen LogP contribution in [0.4, 0.5) is 0 Å². The summed E-state index contributed by atoms with van der Waals surface area (Å²) in [5.74, 6) is 1.71. The summed E-state index contributed by atoms with van der Waals surface area (Å²) in [6, 6.07) is 7.95. The second-order valence-corrected chi connectivity index (χ2v) is 7.58. The molecular weight excluding hydrogens is 449 g/mol. The van der Waals surface area contributed by atoms with Crippen LogP contribution in [0.3, 0.4) is 0 Å². The number of nitrogens with zero attached hydrogens (tertiary/aromatic N) is 1. The molecule has 0 aliphatic heterocycles. The van der Waals surface area contributed by atoms with Crippen molar-refractivity contribution in [3.63, 3.8) is 0 Å². The van der Waals surface area contributed by atoms with Gasteiger partial charge in [-0.3, -0.25) is 4.99 Å². The van der Waals surface area contributed by atoms with Crippen molar-refractivity contribution in [3.05, 3.63) is 29.8 Å². The number of guanidine groups is 1. The van der Waals surface area contributed by atoms with Gasteiger partial charge >= 0.3 is 0 Å². The number of aliphatic imine (C=N–C) groups is 1. The molecule has 0 aliphatic rings. The maximum absolute atomic E-state index is 5.70. The molecule has 1 aromatic rings. The third-order valence-corrected chi connectivity index (χ3v) is 4.89. The monoisotopic (exact) mass is 481 g/mol. The van der Waals surface area contributed by atoms with Gasteiger partial charge in [-0.15, -0.1) is 24.0 Å². The zero-order chi connectivity index (χ0) is 17.8. The molecule has 1 aromatic carbocycles. The molecule has 0 heterocycles. The lowest BCUT2D eigenvalue weighted by Crippen LogP contribution is -2.43. The van der Waals surface area contributed by atoms with Gasteiger partial charge in [-0.05, 0) is 44.2 Å². The van der Waals surface area contributed by atoms with Crippen LogP contribution < -0.4 is 15.4 Å². The standard InChI is InChI=1S/C18H31N3O2S.HI/c1-18(2,24-5)14-21-17(19-3)20-11-6-12-23-13-15-7-9-16(22-4)10-8-15;/h7-10H,6,11-14H2,1-5H3,(H2,19,20,21);1H. The Hall–Kier alpha value is -0.670. The van der Waals surface area contributed by atoms with Crippen molar-refractivity contribution in [1.29, 1.82) is 0 Å². The average molecular weight is 481 g/mol. The first-order chi connectivity index (χ1) is 11.5. The Morgan fingerprint density at radius 2 is 1.88 bits per heavy atom. The molecule has 0 amide bonds. The fourth-order valence-corrected chi connectivity index (χ4v) is 2.10. The molecule has 7 heteroatoms. The van der Waals surface area contributed by atoms with Crippen molar-refractivity contribution in [3.8, 4) is 5.75 Å². The summed E-state index contributed by atoms with van der Waals surface area (Å²) in [4.78, 5) is 4.24. The molecule has 2 N–H and O–H groups in total. The lowest BCUT2D eigenvalue weighted by atomic mass is 10.2. The van der Waals surface area contributed by atoms with Crippen LogP contribution in [0.5, 0.6) is 5.75 Å². The highest BCUT2D eigenvalue weighted by Gasteiger charge is 2.15. The summed E-state index contributed by atoms with van der Waals surface area (Å²) < 4.78 is 11.0. The highest BCUT2D eigenvalue weighted by molar-refractivity contribution is 14.0. The normalized spacial score (nSPS) is 11.6. The predicted molar refractivity (Wildman–Crippen MR) is 120 cm³/mol. The van der Waals surface area contributed by atoms with Crippen LogP contribution in [0.25, 0.3) is 0 Å². The fraction of sp³-hybridized carbons (Fsp3) is 0.611. The molecule has 5 nitrogen and oxygen atoms in total. The van der Waals surface area contributed by atoms with Gasteiger partial charge in [-0.2, -0.15) is 11.8 Å². The maximum atomic E-state index is 5.70. The van der Waals surface area contributed by atoms with Crippen LogP contribution in [-0.4, -0.2) is 50.8 Å². The van der Waals surface area contributed by atoms with Gasteiger partial charge in [-0.25, -0.2) is 0 Å². The molecule has 0 aliphatic carbocycles. The minimum absolute atomic E-state index is 0. The van der Waals surface area contributed by atoms with E-state index in [9.17, 15) is 0 Å². The quantitative estimate of drug-likeness (QED) is 0.232. The Morgan fingerprint density at radius 1 is 1.20 bits per heavy atom. The van der Waals surface area contributed by atoms with Gasteiger partial charge in [0.2, 0.25) is 0 Å². The van der Waals surface area contributed by atoms with Crippen LogP contribution in [0.1, 0.15) is 25.8 Å². The zero-order valence-corrected chi connectivity index (χ0v) is 19.1. The number of benzene rings is 1. The minimum atomic E-state index is 0. The Morgan fingerprint density at radius 3 is 2.44 bits per heavy atom. The van der Waals surface area contributed by atoms with Crippen LogP contribution in [-0.2, 0) is 11.3 Å². The summed E-state index contributed by atoms with van der Waals surface area (Å²) in [5, 5.41) is 6.67. The number of ether oxygens (including phenoxy) is 2. The summed E-state index contributed by atoms with van der Waals surface area (Å²) in [5.41, 5.74) is 1.15. The molecule has 0 bridgehead atoms.